The fourth-order valence-corrected chi connectivity index (χ4v) is 5.27. The standard InChI is InChI=1S/C29H29F3N4/c1-3-35(24-12-5-4-6-13-24)26-19-22(16-17-33-26)28-27(21-10-9-11-23(18-21)29(30,31)32)34-20(2)36(28)25-14-7-8-15-25/h4-6,9-13,16-19,25H,3,7-8,14-15H2,1-2H3. The van der Waals surface area contributed by atoms with E-state index in [0.717, 1.165) is 66.9 Å². The third-order valence-electron chi connectivity index (χ3n) is 6.92. The molecule has 2 heterocycles. The van der Waals surface area contributed by atoms with E-state index >= 15 is 0 Å². The van der Waals surface area contributed by atoms with E-state index < -0.39 is 11.7 Å². The Morgan fingerprint density at radius 3 is 2.39 bits per heavy atom. The van der Waals surface area contributed by atoms with Gasteiger partial charge in [0.1, 0.15) is 11.6 Å². The summed E-state index contributed by atoms with van der Waals surface area (Å²) in [5, 5.41) is 0. The van der Waals surface area contributed by atoms with Crippen molar-refractivity contribution in [2.45, 2.75) is 51.7 Å². The van der Waals surface area contributed by atoms with Gasteiger partial charge in [-0.15, -0.1) is 0 Å². The molecule has 0 N–H and O–H groups in total. The Kier molecular flexibility index (Phi) is 6.56. The molecule has 0 bridgehead atoms. The summed E-state index contributed by atoms with van der Waals surface area (Å²) in [7, 11) is 0. The predicted octanol–water partition coefficient (Wildman–Crippen LogP) is 8.21. The Balaban J connectivity index is 1.68. The van der Waals surface area contributed by atoms with E-state index in [1.54, 1.807) is 12.3 Å². The van der Waals surface area contributed by atoms with Gasteiger partial charge >= 0.3 is 6.18 Å². The lowest BCUT2D eigenvalue weighted by Crippen LogP contribution is -2.17. The third-order valence-corrected chi connectivity index (χ3v) is 6.92. The summed E-state index contributed by atoms with van der Waals surface area (Å²) in [6, 6.07) is 19.8. The number of rotatable bonds is 6. The summed E-state index contributed by atoms with van der Waals surface area (Å²) in [6.45, 7) is 4.74. The van der Waals surface area contributed by atoms with Crippen molar-refractivity contribution < 1.29 is 13.2 Å². The smallest absolute Gasteiger partial charge is 0.327 e. The van der Waals surface area contributed by atoms with Crippen LogP contribution in [0.5, 0.6) is 0 Å². The largest absolute Gasteiger partial charge is 0.416 e. The number of hydrogen-bond donors (Lipinski definition) is 0. The number of nitrogens with zero attached hydrogens (tertiary/aromatic N) is 4. The van der Waals surface area contributed by atoms with Crippen LogP contribution in [0.15, 0.2) is 72.9 Å². The minimum absolute atomic E-state index is 0.278. The first kappa shape index (κ1) is 24.1. The quantitative estimate of drug-likeness (QED) is 0.273. The number of aryl methyl sites for hydroxylation is 1. The van der Waals surface area contributed by atoms with Crippen LogP contribution in [0.25, 0.3) is 22.5 Å². The van der Waals surface area contributed by atoms with E-state index in [1.165, 1.54) is 12.1 Å². The second kappa shape index (κ2) is 9.80. The molecule has 0 atom stereocenters. The van der Waals surface area contributed by atoms with Gasteiger partial charge in [0.2, 0.25) is 0 Å². The molecule has 5 rings (SSSR count). The van der Waals surface area contributed by atoms with Crippen molar-refractivity contribution in [2.24, 2.45) is 0 Å². The Morgan fingerprint density at radius 2 is 1.69 bits per heavy atom. The van der Waals surface area contributed by atoms with Gasteiger partial charge in [0.15, 0.2) is 0 Å². The first-order chi connectivity index (χ1) is 17.4. The predicted molar refractivity (Wildman–Crippen MR) is 137 cm³/mol. The second-order valence-corrected chi connectivity index (χ2v) is 9.23. The number of anilines is 2. The van der Waals surface area contributed by atoms with Gasteiger partial charge in [0.05, 0.1) is 17.0 Å². The van der Waals surface area contributed by atoms with Gasteiger partial charge in [-0.05, 0) is 63.1 Å². The van der Waals surface area contributed by atoms with E-state index in [0.29, 0.717) is 11.3 Å². The van der Waals surface area contributed by atoms with Gasteiger partial charge in [-0.2, -0.15) is 13.2 Å². The molecule has 4 nitrogen and oxygen atoms in total. The molecule has 2 aromatic heterocycles. The molecule has 1 aliphatic rings. The van der Waals surface area contributed by atoms with Crippen molar-refractivity contribution in [3.8, 4) is 22.5 Å². The topological polar surface area (TPSA) is 34.0 Å². The van der Waals surface area contributed by atoms with E-state index in [2.05, 4.69) is 21.4 Å². The zero-order valence-electron chi connectivity index (χ0n) is 20.5. The summed E-state index contributed by atoms with van der Waals surface area (Å²) in [6.07, 6.45) is 1.71. The molecule has 0 amide bonds. The van der Waals surface area contributed by atoms with Gasteiger partial charge in [-0.3, -0.25) is 0 Å². The fraction of sp³-hybridized carbons (Fsp3) is 0.310. The average Bonchev–Trinajstić information content (AvgIpc) is 3.52. The number of alkyl halides is 3. The van der Waals surface area contributed by atoms with Crippen molar-refractivity contribution in [1.29, 1.82) is 0 Å². The molecule has 186 valence electrons. The minimum atomic E-state index is -4.42. The number of para-hydroxylation sites is 1. The van der Waals surface area contributed by atoms with Crippen LogP contribution in [-0.4, -0.2) is 21.1 Å². The molecule has 1 saturated carbocycles. The summed E-state index contributed by atoms with van der Waals surface area (Å²) in [4.78, 5) is 11.6. The van der Waals surface area contributed by atoms with Gasteiger partial charge in [0, 0.05) is 35.6 Å². The first-order valence-corrected chi connectivity index (χ1v) is 12.4. The zero-order valence-corrected chi connectivity index (χ0v) is 20.5. The lowest BCUT2D eigenvalue weighted by atomic mass is 10.0. The Hall–Kier alpha value is -3.61. The van der Waals surface area contributed by atoms with E-state index in [4.69, 9.17) is 4.98 Å². The zero-order chi connectivity index (χ0) is 25.3. The number of imidazole rings is 1. The molecule has 1 aliphatic carbocycles. The third kappa shape index (κ3) is 4.62. The average molecular weight is 491 g/mol. The summed E-state index contributed by atoms with van der Waals surface area (Å²) in [5.74, 6) is 1.60. The van der Waals surface area contributed by atoms with Gasteiger partial charge in [-0.25, -0.2) is 9.97 Å². The van der Waals surface area contributed by atoms with Crippen molar-refractivity contribution >= 4 is 11.5 Å². The highest BCUT2D eigenvalue weighted by Gasteiger charge is 2.32. The number of hydrogen-bond acceptors (Lipinski definition) is 3. The molecule has 0 saturated heterocycles. The Labute approximate surface area is 209 Å². The minimum Gasteiger partial charge on any atom is -0.327 e. The van der Waals surface area contributed by atoms with Crippen molar-refractivity contribution in [1.82, 2.24) is 14.5 Å². The summed E-state index contributed by atoms with van der Waals surface area (Å²) >= 11 is 0. The maximum absolute atomic E-state index is 13.5. The highest BCUT2D eigenvalue weighted by atomic mass is 19.4. The van der Waals surface area contributed by atoms with Crippen LogP contribution < -0.4 is 4.90 Å². The molecule has 0 unspecified atom stereocenters. The Morgan fingerprint density at radius 1 is 0.944 bits per heavy atom. The maximum Gasteiger partial charge on any atom is 0.416 e. The van der Waals surface area contributed by atoms with Crippen LogP contribution in [0.2, 0.25) is 0 Å². The molecule has 2 aromatic carbocycles. The molecule has 36 heavy (non-hydrogen) atoms. The van der Waals surface area contributed by atoms with Crippen LogP contribution in [0.3, 0.4) is 0 Å². The molecule has 1 fully saturated rings. The highest BCUT2D eigenvalue weighted by molar-refractivity contribution is 5.81. The molecule has 0 spiro atoms. The number of benzene rings is 2. The Bertz CT molecular complexity index is 1340. The van der Waals surface area contributed by atoms with Crippen LogP contribution in [-0.2, 0) is 6.18 Å². The maximum atomic E-state index is 13.5. The van der Waals surface area contributed by atoms with Gasteiger partial charge < -0.3 is 9.47 Å². The normalized spacial score (nSPS) is 14.4. The lowest BCUT2D eigenvalue weighted by Gasteiger charge is -2.23. The summed E-state index contributed by atoms with van der Waals surface area (Å²) in [5.41, 5.74) is 3.15. The molecule has 4 aromatic rings. The van der Waals surface area contributed by atoms with E-state index in [1.807, 2.05) is 49.4 Å². The van der Waals surface area contributed by atoms with Gasteiger partial charge in [-0.1, -0.05) is 43.2 Å². The summed E-state index contributed by atoms with van der Waals surface area (Å²) < 4.78 is 42.9. The number of pyridine rings is 1. The number of halogens is 3. The monoisotopic (exact) mass is 490 g/mol. The fourth-order valence-electron chi connectivity index (χ4n) is 5.27. The van der Waals surface area contributed by atoms with Crippen molar-refractivity contribution in [3.05, 3.63) is 84.3 Å². The molecule has 0 aliphatic heterocycles. The second-order valence-electron chi connectivity index (χ2n) is 9.23. The molecule has 7 heteroatoms. The van der Waals surface area contributed by atoms with Crippen LogP contribution in [0, 0.1) is 6.92 Å². The van der Waals surface area contributed by atoms with Crippen LogP contribution in [0.1, 0.15) is 50.0 Å². The van der Waals surface area contributed by atoms with E-state index in [9.17, 15) is 13.2 Å². The molecular formula is C29H29F3N4. The van der Waals surface area contributed by atoms with Crippen LogP contribution >= 0.6 is 0 Å². The molecular weight excluding hydrogens is 461 g/mol. The first-order valence-electron chi connectivity index (χ1n) is 12.4. The molecule has 0 radical (unpaired) electrons. The van der Waals surface area contributed by atoms with Crippen LogP contribution in [0.4, 0.5) is 24.7 Å². The SMILES string of the molecule is CCN(c1ccccc1)c1cc(-c2c(-c3cccc(C(F)(F)F)c3)nc(C)n2C2CCCC2)ccn1. The van der Waals surface area contributed by atoms with Crippen molar-refractivity contribution in [3.63, 3.8) is 0 Å². The van der Waals surface area contributed by atoms with Gasteiger partial charge in [0.25, 0.3) is 0 Å². The van der Waals surface area contributed by atoms with Crippen molar-refractivity contribution in [2.75, 3.05) is 11.4 Å². The number of aromatic nitrogens is 3. The highest BCUT2D eigenvalue weighted by Crippen LogP contribution is 2.42. The lowest BCUT2D eigenvalue weighted by molar-refractivity contribution is -0.137. The van der Waals surface area contributed by atoms with E-state index in [-0.39, 0.29) is 6.04 Å².